The maximum atomic E-state index is 11.7. The molecule has 0 aliphatic heterocycles. The Kier molecular flexibility index (Phi) is 14.2. The number of benzene rings is 1. The number of carboxylic acids is 1. The number of aliphatic hydroxyl groups excluding tert-OH is 1. The van der Waals surface area contributed by atoms with Crippen LogP contribution in [0.25, 0.3) is 0 Å². The summed E-state index contributed by atoms with van der Waals surface area (Å²) in [6.45, 7) is 4.27. The van der Waals surface area contributed by atoms with Gasteiger partial charge < -0.3 is 37.2 Å². The van der Waals surface area contributed by atoms with Gasteiger partial charge in [-0.05, 0) is 56.1 Å². The zero-order valence-corrected chi connectivity index (χ0v) is 19.5. The van der Waals surface area contributed by atoms with Crippen molar-refractivity contribution in [3.63, 3.8) is 0 Å². The summed E-state index contributed by atoms with van der Waals surface area (Å²) in [7, 11) is 0. The minimum Gasteiger partial charge on any atom is -0.481 e. The number of aliphatic carboxylic acids is 1. The van der Waals surface area contributed by atoms with Gasteiger partial charge in [0.2, 0.25) is 5.91 Å². The first-order valence-electron chi connectivity index (χ1n) is 11.1. The fourth-order valence-electron chi connectivity index (χ4n) is 3.03. The number of rotatable bonds is 16. The van der Waals surface area contributed by atoms with Gasteiger partial charge in [-0.1, -0.05) is 18.6 Å². The lowest BCUT2D eigenvalue weighted by molar-refractivity contribution is -0.138. The monoisotopic (exact) mass is 467 g/mol. The van der Waals surface area contributed by atoms with Gasteiger partial charge in [-0.2, -0.15) is 0 Å². The fourth-order valence-corrected chi connectivity index (χ4v) is 3.25. The van der Waals surface area contributed by atoms with Crippen LogP contribution in [-0.2, 0) is 16.0 Å². The van der Waals surface area contributed by atoms with E-state index in [1.807, 2.05) is 12.1 Å². The minimum atomic E-state index is -1.12. The quantitative estimate of drug-likeness (QED) is 0.108. The molecule has 1 aromatic rings. The number of nitrogens with two attached hydrogens (primary N) is 1. The molecule has 2 atom stereocenters. The van der Waals surface area contributed by atoms with Crippen molar-refractivity contribution >= 4 is 34.9 Å². The number of anilines is 1. The number of aliphatic hydroxyl groups is 1. The first kappa shape index (κ1) is 27.8. The molecule has 1 amide bonds. The molecule has 0 saturated heterocycles. The molecule has 32 heavy (non-hydrogen) atoms. The Morgan fingerprint density at radius 1 is 1.09 bits per heavy atom. The van der Waals surface area contributed by atoms with Gasteiger partial charge in [0.05, 0.1) is 0 Å². The molecular formula is C22H37N5O4S. The van der Waals surface area contributed by atoms with Crippen LogP contribution in [0.3, 0.4) is 0 Å². The van der Waals surface area contributed by atoms with Crippen molar-refractivity contribution in [3.8, 4) is 0 Å². The van der Waals surface area contributed by atoms with E-state index in [2.05, 4.69) is 40.3 Å². The van der Waals surface area contributed by atoms with E-state index in [4.69, 9.17) is 23.1 Å². The minimum absolute atomic E-state index is 0.00326. The molecule has 0 spiro atoms. The molecule has 0 bridgehead atoms. The second-order valence-corrected chi connectivity index (χ2v) is 8.16. The van der Waals surface area contributed by atoms with Crippen LogP contribution in [0.5, 0.6) is 0 Å². The second-order valence-electron chi connectivity index (χ2n) is 7.75. The molecule has 9 nitrogen and oxygen atoms in total. The van der Waals surface area contributed by atoms with E-state index in [1.54, 1.807) is 0 Å². The van der Waals surface area contributed by atoms with Crippen LogP contribution in [0.1, 0.15) is 51.0 Å². The Bertz CT molecular complexity index is 702. The number of carboxylic acid groups (broad SMARTS) is 1. The van der Waals surface area contributed by atoms with Crippen molar-refractivity contribution in [2.75, 3.05) is 25.0 Å². The van der Waals surface area contributed by atoms with Gasteiger partial charge in [0.25, 0.3) is 0 Å². The number of amides is 1. The third-order valence-electron chi connectivity index (χ3n) is 4.72. The Balaban J connectivity index is 2.13. The van der Waals surface area contributed by atoms with Crippen LogP contribution in [0.15, 0.2) is 24.3 Å². The highest BCUT2D eigenvalue weighted by molar-refractivity contribution is 7.80. The first-order chi connectivity index (χ1) is 15.3. The van der Waals surface area contributed by atoms with Gasteiger partial charge in [0.15, 0.2) is 5.11 Å². The van der Waals surface area contributed by atoms with E-state index in [0.717, 1.165) is 31.5 Å². The zero-order chi connectivity index (χ0) is 23.8. The van der Waals surface area contributed by atoms with Gasteiger partial charge >= 0.3 is 5.97 Å². The smallest absolute Gasteiger partial charge is 0.303 e. The van der Waals surface area contributed by atoms with E-state index in [0.29, 0.717) is 37.1 Å². The summed E-state index contributed by atoms with van der Waals surface area (Å²) in [5.41, 5.74) is 7.67. The summed E-state index contributed by atoms with van der Waals surface area (Å²) in [6.07, 6.45) is 2.29. The molecule has 0 heterocycles. The molecule has 0 aliphatic carbocycles. The van der Waals surface area contributed by atoms with E-state index in [1.165, 1.54) is 5.56 Å². The van der Waals surface area contributed by atoms with Gasteiger partial charge in [-0.3, -0.25) is 9.59 Å². The number of unbranched alkanes of at least 4 members (excludes halogenated alkanes) is 2. The first-order valence-corrected chi connectivity index (χ1v) is 11.5. The number of thiocarbonyl (C=S) groups is 1. The molecule has 0 radical (unpaired) electrons. The summed E-state index contributed by atoms with van der Waals surface area (Å²) in [5, 5.41) is 30.7. The van der Waals surface area contributed by atoms with Gasteiger partial charge in [0.1, 0.15) is 6.23 Å². The maximum absolute atomic E-state index is 11.7. The molecule has 0 aromatic heterocycles. The number of hydrogen-bond donors (Lipinski definition) is 7. The molecule has 10 heteroatoms. The van der Waals surface area contributed by atoms with E-state index in [9.17, 15) is 14.7 Å². The number of carbonyl (C=O) groups excluding carboxylic acids is 1. The molecule has 1 rings (SSSR count). The van der Waals surface area contributed by atoms with Crippen LogP contribution >= 0.6 is 12.2 Å². The Labute approximate surface area is 195 Å². The summed E-state index contributed by atoms with van der Waals surface area (Å²) in [4.78, 5) is 22.1. The average Bonchev–Trinajstić information content (AvgIpc) is 2.74. The second kappa shape index (κ2) is 16.4. The Morgan fingerprint density at radius 2 is 1.81 bits per heavy atom. The molecule has 8 N–H and O–H groups in total. The van der Waals surface area contributed by atoms with E-state index < -0.39 is 12.2 Å². The highest BCUT2D eigenvalue weighted by Gasteiger charge is 2.10. The average molecular weight is 468 g/mol. The van der Waals surface area contributed by atoms with Gasteiger partial charge in [0, 0.05) is 50.6 Å². The lowest BCUT2D eigenvalue weighted by Gasteiger charge is -2.14. The predicted molar refractivity (Wildman–Crippen MR) is 130 cm³/mol. The van der Waals surface area contributed by atoms with Crippen molar-refractivity contribution in [1.82, 2.24) is 16.0 Å². The van der Waals surface area contributed by atoms with E-state index in [-0.39, 0.29) is 18.7 Å². The third-order valence-corrected chi connectivity index (χ3v) is 4.96. The predicted octanol–water partition coefficient (Wildman–Crippen LogP) is 1.31. The van der Waals surface area contributed by atoms with E-state index >= 15 is 0 Å². The van der Waals surface area contributed by atoms with Crippen LogP contribution in [-0.4, -0.2) is 59.1 Å². The zero-order valence-electron chi connectivity index (χ0n) is 18.7. The fraction of sp³-hybridized carbons (Fsp3) is 0.591. The van der Waals surface area contributed by atoms with Crippen LogP contribution in [0, 0.1) is 0 Å². The van der Waals surface area contributed by atoms with Crippen LogP contribution in [0.4, 0.5) is 5.69 Å². The Morgan fingerprint density at radius 3 is 2.47 bits per heavy atom. The number of nitrogens with one attached hydrogen (secondary N) is 4. The summed E-state index contributed by atoms with van der Waals surface area (Å²) < 4.78 is 0. The van der Waals surface area contributed by atoms with Crippen molar-refractivity contribution < 1.29 is 19.8 Å². The largest absolute Gasteiger partial charge is 0.481 e. The lowest BCUT2D eigenvalue weighted by Crippen LogP contribution is -2.34. The lowest BCUT2D eigenvalue weighted by atomic mass is 10.1. The maximum Gasteiger partial charge on any atom is 0.303 e. The standard InChI is InChI=1S/C22H37N5O4S/c1-16(24-14-12-23)15-17-6-8-18(9-7-17)26-22(32)25-13-4-2-3-5-19(28)27-20(29)10-11-21(30)31/h6-9,16,20,24,29H,2-5,10-15,23H2,1H3,(H,27,28)(H,30,31)(H2,25,26,32)/t16-,20+/m0/s1. The number of hydrogen-bond acceptors (Lipinski definition) is 6. The summed E-state index contributed by atoms with van der Waals surface area (Å²) in [5.74, 6) is -1.28. The van der Waals surface area contributed by atoms with Crippen molar-refractivity contribution in [2.24, 2.45) is 5.73 Å². The molecule has 0 aliphatic rings. The highest BCUT2D eigenvalue weighted by Crippen LogP contribution is 2.11. The molecule has 0 fully saturated rings. The van der Waals surface area contributed by atoms with Crippen molar-refractivity contribution in [2.45, 2.75) is 64.1 Å². The molecule has 180 valence electrons. The SMILES string of the molecule is C[C@@H](Cc1ccc(NC(=S)NCCCCCC(=O)N[C@H](O)CCC(=O)O)cc1)NCCN. The highest BCUT2D eigenvalue weighted by atomic mass is 32.1. The topological polar surface area (TPSA) is 149 Å². The normalized spacial score (nSPS) is 12.6. The van der Waals surface area contributed by atoms with Gasteiger partial charge in [-0.25, -0.2) is 0 Å². The molecule has 0 unspecified atom stereocenters. The third kappa shape index (κ3) is 13.9. The summed E-state index contributed by atoms with van der Waals surface area (Å²) in [6, 6.07) is 8.53. The Hall–Kier alpha value is -2.27. The molecular weight excluding hydrogens is 430 g/mol. The molecule has 0 saturated carbocycles. The molecule has 1 aromatic carbocycles. The van der Waals surface area contributed by atoms with Crippen LogP contribution in [0.2, 0.25) is 0 Å². The number of carbonyl (C=O) groups is 2. The van der Waals surface area contributed by atoms with Crippen molar-refractivity contribution in [1.29, 1.82) is 0 Å². The van der Waals surface area contributed by atoms with Crippen LogP contribution < -0.4 is 27.0 Å². The van der Waals surface area contributed by atoms with Gasteiger partial charge in [-0.15, -0.1) is 0 Å². The summed E-state index contributed by atoms with van der Waals surface area (Å²) >= 11 is 5.32. The van der Waals surface area contributed by atoms with Crippen molar-refractivity contribution in [3.05, 3.63) is 29.8 Å².